The first kappa shape index (κ1) is 15.1. The molecule has 20 heavy (non-hydrogen) atoms. The summed E-state index contributed by atoms with van der Waals surface area (Å²) in [5.41, 5.74) is 0. The van der Waals surface area contributed by atoms with Crippen LogP contribution in [0.1, 0.15) is 26.7 Å². The molecule has 1 fully saturated rings. The van der Waals surface area contributed by atoms with E-state index < -0.39 is 10.0 Å². The molecule has 1 aliphatic heterocycles. The molecule has 0 amide bonds. The van der Waals surface area contributed by atoms with E-state index in [2.05, 4.69) is 20.0 Å². The average Bonchev–Trinajstić information content (AvgIpc) is 2.93. The van der Waals surface area contributed by atoms with Gasteiger partial charge >= 0.3 is 0 Å². The molecule has 0 bridgehead atoms. The second-order valence-corrected chi connectivity index (χ2v) is 6.45. The van der Waals surface area contributed by atoms with Crippen molar-refractivity contribution in [3.05, 3.63) is 12.4 Å². The number of sulfonamides is 1. The van der Waals surface area contributed by atoms with Crippen LogP contribution in [0.3, 0.4) is 0 Å². The number of aromatic nitrogens is 2. The van der Waals surface area contributed by atoms with Crippen LogP contribution in [0.5, 0.6) is 0 Å². The van der Waals surface area contributed by atoms with Crippen LogP contribution in [0.15, 0.2) is 17.3 Å². The molecule has 1 saturated heterocycles. The zero-order valence-electron chi connectivity index (χ0n) is 11.7. The lowest BCUT2D eigenvalue weighted by Gasteiger charge is -2.19. The Morgan fingerprint density at radius 1 is 1.45 bits per heavy atom. The van der Waals surface area contributed by atoms with Gasteiger partial charge in [0.1, 0.15) is 4.90 Å². The fourth-order valence-corrected chi connectivity index (χ4v) is 3.25. The first-order valence-corrected chi connectivity index (χ1v) is 8.21. The number of hydrogen-bond donors (Lipinski definition) is 2. The van der Waals surface area contributed by atoms with E-state index >= 15 is 0 Å². The summed E-state index contributed by atoms with van der Waals surface area (Å²) in [5, 5.41) is 2.91. The highest BCUT2D eigenvalue weighted by atomic mass is 32.2. The number of nitrogens with one attached hydrogen (secondary N) is 2. The van der Waals surface area contributed by atoms with Crippen LogP contribution >= 0.6 is 0 Å². The molecule has 2 rings (SSSR count). The zero-order valence-corrected chi connectivity index (χ0v) is 12.5. The third-order valence-electron chi connectivity index (χ3n) is 3.14. The number of ether oxygens (including phenoxy) is 1. The summed E-state index contributed by atoms with van der Waals surface area (Å²) in [5.74, 6) is 0.415. The van der Waals surface area contributed by atoms with Gasteiger partial charge < -0.3 is 10.1 Å². The van der Waals surface area contributed by atoms with Crippen LogP contribution < -0.4 is 10.0 Å². The highest BCUT2D eigenvalue weighted by molar-refractivity contribution is 7.89. The van der Waals surface area contributed by atoms with Gasteiger partial charge in [-0.3, -0.25) is 0 Å². The molecule has 1 aliphatic rings. The maximum Gasteiger partial charge on any atom is 0.243 e. The highest BCUT2D eigenvalue weighted by Gasteiger charge is 2.27. The minimum absolute atomic E-state index is 0.0593. The summed E-state index contributed by atoms with van der Waals surface area (Å²) in [4.78, 5) is 7.99. The van der Waals surface area contributed by atoms with E-state index in [0.717, 1.165) is 12.8 Å². The Morgan fingerprint density at radius 3 is 2.70 bits per heavy atom. The van der Waals surface area contributed by atoms with Crippen molar-refractivity contribution < 1.29 is 13.2 Å². The van der Waals surface area contributed by atoms with Gasteiger partial charge in [-0.15, -0.1) is 0 Å². The molecule has 112 valence electrons. The highest BCUT2D eigenvalue weighted by Crippen LogP contribution is 2.17. The molecule has 0 saturated carbocycles. The summed E-state index contributed by atoms with van der Waals surface area (Å²) in [6.07, 6.45) is 4.38. The molecule has 8 heteroatoms. The van der Waals surface area contributed by atoms with E-state index in [-0.39, 0.29) is 17.0 Å². The topological polar surface area (TPSA) is 93.2 Å². The zero-order chi connectivity index (χ0) is 14.6. The second-order valence-electron chi connectivity index (χ2n) is 4.73. The van der Waals surface area contributed by atoms with Crippen LogP contribution in [0.4, 0.5) is 5.95 Å². The minimum atomic E-state index is -3.61. The monoisotopic (exact) mass is 300 g/mol. The number of anilines is 1. The Hall–Kier alpha value is -1.25. The van der Waals surface area contributed by atoms with Crippen molar-refractivity contribution in [1.82, 2.24) is 14.7 Å². The van der Waals surface area contributed by atoms with E-state index in [4.69, 9.17) is 4.74 Å². The number of nitrogens with zero attached hydrogens (tertiary/aromatic N) is 2. The van der Waals surface area contributed by atoms with Crippen molar-refractivity contribution in [3.63, 3.8) is 0 Å². The lowest BCUT2D eigenvalue weighted by atomic mass is 10.1. The van der Waals surface area contributed by atoms with Gasteiger partial charge in [-0.25, -0.2) is 23.1 Å². The van der Waals surface area contributed by atoms with Crippen LogP contribution in [-0.2, 0) is 14.8 Å². The summed E-state index contributed by atoms with van der Waals surface area (Å²) < 4.78 is 32.5. The van der Waals surface area contributed by atoms with E-state index in [0.29, 0.717) is 19.1 Å². The van der Waals surface area contributed by atoms with Gasteiger partial charge in [0.2, 0.25) is 16.0 Å². The van der Waals surface area contributed by atoms with Crippen molar-refractivity contribution in [1.29, 1.82) is 0 Å². The number of rotatable bonds is 6. The molecular weight excluding hydrogens is 280 g/mol. The standard InChI is InChI=1S/C12H20N4O3S/c1-3-13-12-14-7-10(8-15-12)20(17,18)16-9(2)11-5-4-6-19-11/h7-9,11,16H,3-6H2,1-2H3,(H,13,14,15). The molecule has 2 atom stereocenters. The largest absolute Gasteiger partial charge is 0.377 e. The Morgan fingerprint density at radius 2 is 2.15 bits per heavy atom. The maximum absolute atomic E-state index is 12.2. The Bertz CT molecular complexity index is 526. The molecule has 1 aromatic rings. The first-order chi connectivity index (χ1) is 9.53. The SMILES string of the molecule is CCNc1ncc(S(=O)(=O)NC(C)C2CCCO2)cn1. The van der Waals surface area contributed by atoms with Crippen LogP contribution in [0, 0.1) is 0 Å². The fourth-order valence-electron chi connectivity index (χ4n) is 2.09. The third-order valence-corrected chi connectivity index (χ3v) is 4.65. The van der Waals surface area contributed by atoms with E-state index in [1.165, 1.54) is 12.4 Å². The lowest BCUT2D eigenvalue weighted by Crippen LogP contribution is -2.40. The van der Waals surface area contributed by atoms with Crippen LogP contribution in [0.2, 0.25) is 0 Å². The Balaban J connectivity index is 2.05. The van der Waals surface area contributed by atoms with Crippen molar-refractivity contribution in [3.8, 4) is 0 Å². The van der Waals surface area contributed by atoms with E-state index in [9.17, 15) is 8.42 Å². The predicted molar refractivity (Wildman–Crippen MR) is 75.0 cm³/mol. The molecular formula is C12H20N4O3S. The normalized spacial score (nSPS) is 20.8. The second kappa shape index (κ2) is 6.47. The van der Waals surface area contributed by atoms with Gasteiger partial charge in [-0.05, 0) is 26.7 Å². The smallest absolute Gasteiger partial charge is 0.243 e. The molecule has 1 aromatic heterocycles. The molecule has 0 aromatic carbocycles. The van der Waals surface area contributed by atoms with E-state index in [1.807, 2.05) is 6.92 Å². The van der Waals surface area contributed by atoms with Crippen LogP contribution in [-0.4, -0.2) is 43.7 Å². The van der Waals surface area contributed by atoms with Gasteiger partial charge in [0.05, 0.1) is 18.5 Å². The molecule has 7 nitrogen and oxygen atoms in total. The van der Waals surface area contributed by atoms with Crippen molar-refractivity contribution in [2.75, 3.05) is 18.5 Å². The van der Waals surface area contributed by atoms with E-state index in [1.54, 1.807) is 6.92 Å². The van der Waals surface area contributed by atoms with Gasteiger partial charge in [-0.1, -0.05) is 0 Å². The van der Waals surface area contributed by atoms with Crippen molar-refractivity contribution >= 4 is 16.0 Å². The lowest BCUT2D eigenvalue weighted by molar-refractivity contribution is 0.0902. The predicted octanol–water partition coefficient (Wildman–Crippen LogP) is 0.754. The summed E-state index contributed by atoms with van der Waals surface area (Å²) in [7, 11) is -3.61. The Kier molecular flexibility index (Phi) is 4.90. The van der Waals surface area contributed by atoms with Gasteiger partial charge in [-0.2, -0.15) is 0 Å². The minimum Gasteiger partial charge on any atom is -0.377 e. The molecule has 2 N–H and O–H groups in total. The summed E-state index contributed by atoms with van der Waals surface area (Å²) >= 11 is 0. The average molecular weight is 300 g/mol. The van der Waals surface area contributed by atoms with Gasteiger partial charge in [0.15, 0.2) is 0 Å². The summed E-state index contributed by atoms with van der Waals surface area (Å²) in [6, 6.07) is -0.268. The van der Waals surface area contributed by atoms with Crippen molar-refractivity contribution in [2.45, 2.75) is 43.7 Å². The van der Waals surface area contributed by atoms with Gasteiger partial charge in [0.25, 0.3) is 0 Å². The fraction of sp³-hybridized carbons (Fsp3) is 0.667. The van der Waals surface area contributed by atoms with Gasteiger partial charge in [0, 0.05) is 19.2 Å². The molecule has 0 spiro atoms. The molecule has 2 unspecified atom stereocenters. The number of hydrogen-bond acceptors (Lipinski definition) is 6. The molecule has 2 heterocycles. The quantitative estimate of drug-likeness (QED) is 0.805. The third kappa shape index (κ3) is 3.65. The summed E-state index contributed by atoms with van der Waals surface area (Å²) in [6.45, 7) is 5.10. The Labute approximate surface area is 119 Å². The van der Waals surface area contributed by atoms with Crippen LogP contribution in [0.25, 0.3) is 0 Å². The first-order valence-electron chi connectivity index (χ1n) is 6.73. The maximum atomic E-state index is 12.2. The van der Waals surface area contributed by atoms with Crippen molar-refractivity contribution in [2.24, 2.45) is 0 Å². The molecule has 0 aliphatic carbocycles. The molecule has 0 radical (unpaired) electrons.